The van der Waals surface area contributed by atoms with E-state index >= 15 is 0 Å². The maximum Gasteiger partial charge on any atom is 0.353 e. The number of hydrogen-bond donors (Lipinski definition) is 1. The molecule has 5 heteroatoms. The lowest BCUT2D eigenvalue weighted by atomic mass is 10.0. The van der Waals surface area contributed by atoms with Gasteiger partial charge in [-0.3, -0.25) is 0 Å². The van der Waals surface area contributed by atoms with E-state index < -0.39 is 17.1 Å². The average molecular weight is 323 g/mol. The maximum atomic E-state index is 11.9. The van der Waals surface area contributed by atoms with Gasteiger partial charge in [-0.1, -0.05) is 54.1 Å². The van der Waals surface area contributed by atoms with Gasteiger partial charge in [-0.25, -0.2) is 4.79 Å². The molecule has 0 spiro atoms. The first-order valence-electron chi connectivity index (χ1n) is 6.43. The smallest absolute Gasteiger partial charge is 0.353 e. The topological polar surface area (TPSA) is 60.4 Å². The lowest BCUT2D eigenvalue weighted by Crippen LogP contribution is -2.20. The van der Waals surface area contributed by atoms with Gasteiger partial charge in [-0.05, 0) is 29.7 Å². The zero-order valence-electron chi connectivity index (χ0n) is 11.5. The molecule has 0 saturated carbocycles. The Morgan fingerprint density at radius 1 is 1.24 bits per heavy atom. The van der Waals surface area contributed by atoms with Gasteiger partial charge >= 0.3 is 5.97 Å². The van der Waals surface area contributed by atoms with Gasteiger partial charge in [0.05, 0.1) is 0 Å². The van der Waals surface area contributed by atoms with Gasteiger partial charge in [0.1, 0.15) is 5.25 Å². The van der Waals surface area contributed by atoms with Crippen molar-refractivity contribution in [2.24, 2.45) is 0 Å². The summed E-state index contributed by atoms with van der Waals surface area (Å²) in [5, 5.41) is 9.05. The third kappa shape index (κ3) is 4.00. The fraction of sp³-hybridized carbons (Fsp3) is 0.188. The molecule has 0 aliphatic heterocycles. The molecule has 0 bridgehead atoms. The fourth-order valence-electron chi connectivity index (χ4n) is 2.03. The molecule has 2 aromatic carbocycles. The van der Waals surface area contributed by atoms with Crippen molar-refractivity contribution in [2.45, 2.75) is 12.2 Å². The van der Waals surface area contributed by atoms with Crippen LogP contribution in [0.2, 0.25) is 5.02 Å². The van der Waals surface area contributed by atoms with Crippen molar-refractivity contribution in [3.8, 4) is 11.1 Å². The van der Waals surface area contributed by atoms with Crippen molar-refractivity contribution in [2.75, 3.05) is 5.75 Å². The molecule has 21 heavy (non-hydrogen) atoms. The van der Waals surface area contributed by atoms with Gasteiger partial charge in [0, 0.05) is 16.1 Å². The lowest BCUT2D eigenvalue weighted by Gasteiger charge is -2.17. The molecule has 0 heterocycles. The highest BCUT2D eigenvalue weighted by Crippen LogP contribution is 2.30. The standard InChI is InChI=1S/C16H15ClO3S/c1-11(21(20)10-16(18)19)12-6-8-13(9-7-12)14-4-2-3-5-15(14)17/h2-9,11H,10H2,1H3,(H,18,19). The molecular formula is C16H15ClO3S. The van der Waals surface area contributed by atoms with Crippen LogP contribution in [0.1, 0.15) is 17.7 Å². The van der Waals surface area contributed by atoms with Crippen LogP contribution in [0.15, 0.2) is 48.5 Å². The van der Waals surface area contributed by atoms with Gasteiger partial charge in [-0.2, -0.15) is 0 Å². The van der Waals surface area contributed by atoms with Crippen LogP contribution in [0, 0.1) is 0 Å². The predicted octanol–water partition coefficient (Wildman–Crippen LogP) is 3.90. The first kappa shape index (κ1) is 15.9. The molecule has 2 unspecified atom stereocenters. The number of carboxylic acid groups (broad SMARTS) is 1. The van der Waals surface area contributed by atoms with Gasteiger partial charge in [-0.15, -0.1) is 0 Å². The third-order valence-corrected chi connectivity index (χ3v) is 5.15. The van der Waals surface area contributed by atoms with Crippen LogP contribution in [-0.2, 0) is 16.0 Å². The quantitative estimate of drug-likeness (QED) is 0.849. The minimum absolute atomic E-state index is 0.318. The maximum absolute atomic E-state index is 11.9. The van der Waals surface area contributed by atoms with Crippen LogP contribution in [0.25, 0.3) is 11.1 Å². The Morgan fingerprint density at radius 3 is 2.43 bits per heavy atom. The fourth-order valence-corrected chi connectivity index (χ4v) is 3.23. The molecule has 0 amide bonds. The van der Waals surface area contributed by atoms with E-state index in [1.807, 2.05) is 48.5 Å². The highest BCUT2D eigenvalue weighted by molar-refractivity contribution is 7.92. The number of benzene rings is 2. The molecule has 1 N–H and O–H groups in total. The number of halogens is 1. The molecular weight excluding hydrogens is 308 g/mol. The Hall–Kier alpha value is -1.49. The average Bonchev–Trinajstić information content (AvgIpc) is 2.46. The minimum Gasteiger partial charge on any atom is -0.615 e. The van der Waals surface area contributed by atoms with Crippen molar-refractivity contribution >= 4 is 28.7 Å². The lowest BCUT2D eigenvalue weighted by molar-refractivity contribution is -0.134. The molecule has 0 saturated heterocycles. The second-order valence-corrected chi connectivity index (χ2v) is 6.83. The van der Waals surface area contributed by atoms with E-state index in [1.54, 1.807) is 6.92 Å². The highest BCUT2D eigenvalue weighted by Gasteiger charge is 2.22. The van der Waals surface area contributed by atoms with Gasteiger partial charge in [0.2, 0.25) is 5.75 Å². The van der Waals surface area contributed by atoms with Crippen molar-refractivity contribution < 1.29 is 14.5 Å². The number of carbonyl (C=O) groups is 1. The molecule has 0 fully saturated rings. The largest absolute Gasteiger partial charge is 0.615 e. The van der Waals surface area contributed by atoms with Crippen molar-refractivity contribution in [1.82, 2.24) is 0 Å². The summed E-state index contributed by atoms with van der Waals surface area (Å²) in [6, 6.07) is 15.1. The Bertz CT molecular complexity index is 628. The zero-order valence-corrected chi connectivity index (χ0v) is 13.0. The SMILES string of the molecule is CC(c1ccc(-c2ccccc2Cl)cc1)[S+]([O-])CC(=O)O. The van der Waals surface area contributed by atoms with E-state index in [0.29, 0.717) is 5.02 Å². The van der Waals surface area contributed by atoms with Crippen LogP contribution in [0.4, 0.5) is 0 Å². The summed E-state index contributed by atoms with van der Waals surface area (Å²) in [6.07, 6.45) is 0. The molecule has 3 nitrogen and oxygen atoms in total. The summed E-state index contributed by atoms with van der Waals surface area (Å²) in [5.74, 6) is -1.39. The van der Waals surface area contributed by atoms with Gasteiger partial charge in [0.25, 0.3) is 0 Å². The third-order valence-electron chi connectivity index (χ3n) is 3.23. The van der Waals surface area contributed by atoms with Crippen molar-refractivity contribution in [3.05, 3.63) is 59.1 Å². The number of rotatable bonds is 5. The summed E-state index contributed by atoms with van der Waals surface area (Å²) in [7, 11) is 0. The van der Waals surface area contributed by atoms with E-state index in [-0.39, 0.29) is 11.0 Å². The molecule has 2 aromatic rings. The molecule has 0 aliphatic rings. The van der Waals surface area contributed by atoms with Crippen LogP contribution < -0.4 is 0 Å². The van der Waals surface area contributed by atoms with E-state index in [1.165, 1.54) is 0 Å². The molecule has 0 aliphatic carbocycles. The zero-order chi connectivity index (χ0) is 15.4. The monoisotopic (exact) mass is 322 g/mol. The summed E-state index contributed by atoms with van der Waals surface area (Å²) < 4.78 is 11.9. The Balaban J connectivity index is 2.19. The molecule has 0 aromatic heterocycles. The molecule has 110 valence electrons. The highest BCUT2D eigenvalue weighted by atomic mass is 35.5. The first-order chi connectivity index (χ1) is 9.99. The van der Waals surface area contributed by atoms with Crippen LogP contribution in [0.5, 0.6) is 0 Å². The minimum atomic E-state index is -1.43. The van der Waals surface area contributed by atoms with E-state index in [2.05, 4.69) is 0 Å². The second-order valence-electron chi connectivity index (χ2n) is 4.66. The summed E-state index contributed by atoms with van der Waals surface area (Å²) in [6.45, 7) is 1.77. The van der Waals surface area contributed by atoms with Gasteiger partial charge < -0.3 is 9.66 Å². The molecule has 2 rings (SSSR count). The normalized spacial score (nSPS) is 13.7. The second kappa shape index (κ2) is 6.98. The predicted molar refractivity (Wildman–Crippen MR) is 85.9 cm³/mol. The molecule has 2 atom stereocenters. The van der Waals surface area contributed by atoms with Gasteiger partial charge in [0.15, 0.2) is 0 Å². The van der Waals surface area contributed by atoms with Crippen molar-refractivity contribution in [1.29, 1.82) is 0 Å². The Labute approximate surface area is 131 Å². The summed E-state index contributed by atoms with van der Waals surface area (Å²) >= 11 is 4.73. The number of aliphatic carboxylic acids is 1. The van der Waals surface area contributed by atoms with Crippen LogP contribution >= 0.6 is 11.6 Å². The summed E-state index contributed by atoms with van der Waals surface area (Å²) in [5.41, 5.74) is 2.76. The van der Waals surface area contributed by atoms with Crippen molar-refractivity contribution in [3.63, 3.8) is 0 Å². The van der Waals surface area contributed by atoms with E-state index in [0.717, 1.165) is 16.7 Å². The Morgan fingerprint density at radius 2 is 1.86 bits per heavy atom. The van der Waals surface area contributed by atoms with E-state index in [9.17, 15) is 9.35 Å². The van der Waals surface area contributed by atoms with E-state index in [4.69, 9.17) is 16.7 Å². The molecule has 0 radical (unpaired) electrons. The first-order valence-corrected chi connectivity index (χ1v) is 8.19. The number of hydrogen-bond acceptors (Lipinski definition) is 2. The number of carboxylic acids is 1. The van der Waals surface area contributed by atoms with Crippen LogP contribution in [-0.4, -0.2) is 21.4 Å². The summed E-state index contributed by atoms with van der Waals surface area (Å²) in [4.78, 5) is 10.6. The Kier molecular flexibility index (Phi) is 5.28. The van der Waals surface area contributed by atoms with Crippen LogP contribution in [0.3, 0.4) is 0 Å².